The van der Waals surface area contributed by atoms with Gasteiger partial charge in [0.1, 0.15) is 0 Å². The smallest absolute Gasteiger partial charge is 0.0726 e. The van der Waals surface area contributed by atoms with Crippen LogP contribution >= 0.6 is 0 Å². The standard InChI is InChI=1S/C71H44N2/c1-3-19-45(20-4-1)59-43-61-58-31-15-18-34-66(58)71(64-32-16-13-29-56(64)57-30-14-17-33-65(57)71)67(61)44-70(59)72(49-35-37-55-53-27-10-9-25-51(53)52-26-11-12-28-54(52)60(55)41-49)50-36-38-68-63(42-50)62-39-46-21-7-8-22-47(46)40-69(62)73(68)48-23-5-2-6-24-48/h1-44H. The molecule has 16 rings (SSSR count). The van der Waals surface area contributed by atoms with Crippen molar-refractivity contribution in [3.05, 3.63) is 289 Å². The molecule has 1 aromatic heterocycles. The van der Waals surface area contributed by atoms with E-state index in [9.17, 15) is 0 Å². The van der Waals surface area contributed by atoms with Crippen LogP contribution in [0.2, 0.25) is 0 Å². The first-order valence-electron chi connectivity index (χ1n) is 25.4. The predicted molar refractivity (Wildman–Crippen MR) is 307 cm³/mol. The van der Waals surface area contributed by atoms with Gasteiger partial charge in [-0.1, -0.05) is 200 Å². The molecule has 0 aliphatic heterocycles. The number of benzene rings is 13. The van der Waals surface area contributed by atoms with Gasteiger partial charge >= 0.3 is 0 Å². The van der Waals surface area contributed by atoms with Gasteiger partial charge in [0.15, 0.2) is 0 Å². The van der Waals surface area contributed by atoms with Crippen LogP contribution in [0.4, 0.5) is 17.1 Å². The molecule has 0 amide bonds. The first-order chi connectivity index (χ1) is 36.2. The summed E-state index contributed by atoms with van der Waals surface area (Å²) in [5, 5.41) is 12.4. The maximum Gasteiger partial charge on any atom is 0.0726 e. The second-order valence-corrected chi connectivity index (χ2v) is 19.9. The van der Waals surface area contributed by atoms with Gasteiger partial charge in [-0.25, -0.2) is 0 Å². The predicted octanol–water partition coefficient (Wildman–Crippen LogP) is 18.9. The van der Waals surface area contributed by atoms with Crippen molar-refractivity contribution >= 4 is 82.0 Å². The zero-order valence-electron chi connectivity index (χ0n) is 39.8. The Hall–Kier alpha value is -9.50. The van der Waals surface area contributed by atoms with Gasteiger partial charge in [0, 0.05) is 33.4 Å². The molecule has 338 valence electrons. The van der Waals surface area contributed by atoms with Gasteiger partial charge < -0.3 is 9.47 Å². The minimum Gasteiger partial charge on any atom is -0.310 e. The summed E-state index contributed by atoms with van der Waals surface area (Å²) < 4.78 is 2.44. The monoisotopic (exact) mass is 924 g/mol. The van der Waals surface area contributed by atoms with Crippen molar-refractivity contribution in [1.29, 1.82) is 0 Å². The average molecular weight is 925 g/mol. The van der Waals surface area contributed by atoms with Crippen LogP contribution < -0.4 is 4.90 Å². The molecule has 2 aliphatic rings. The molecular weight excluding hydrogens is 881 g/mol. The molecule has 0 unspecified atom stereocenters. The van der Waals surface area contributed by atoms with Crippen LogP contribution in [0.15, 0.2) is 267 Å². The molecule has 1 heterocycles. The Kier molecular flexibility index (Phi) is 8.41. The molecule has 0 fully saturated rings. The summed E-state index contributed by atoms with van der Waals surface area (Å²) in [5.74, 6) is 0. The third-order valence-electron chi connectivity index (χ3n) is 16.3. The van der Waals surface area contributed by atoms with Gasteiger partial charge in [0.2, 0.25) is 0 Å². The Morgan fingerprint density at radius 1 is 0.274 bits per heavy atom. The summed E-state index contributed by atoms with van der Waals surface area (Å²) >= 11 is 0. The number of hydrogen-bond donors (Lipinski definition) is 0. The van der Waals surface area contributed by atoms with E-state index in [2.05, 4.69) is 276 Å². The van der Waals surface area contributed by atoms with Crippen molar-refractivity contribution in [3.8, 4) is 39.1 Å². The van der Waals surface area contributed by atoms with Gasteiger partial charge in [-0.2, -0.15) is 0 Å². The number of fused-ring (bicyclic) bond motifs is 20. The molecule has 0 N–H and O–H groups in total. The van der Waals surface area contributed by atoms with E-state index in [1.54, 1.807) is 0 Å². The molecule has 2 aliphatic carbocycles. The van der Waals surface area contributed by atoms with Crippen molar-refractivity contribution in [1.82, 2.24) is 4.57 Å². The van der Waals surface area contributed by atoms with Crippen molar-refractivity contribution in [2.24, 2.45) is 0 Å². The number of rotatable bonds is 5. The lowest BCUT2D eigenvalue weighted by Gasteiger charge is -2.33. The Bertz CT molecular complexity index is 4540. The fourth-order valence-electron chi connectivity index (χ4n) is 13.3. The largest absolute Gasteiger partial charge is 0.310 e. The van der Waals surface area contributed by atoms with Gasteiger partial charge in [-0.3, -0.25) is 0 Å². The summed E-state index contributed by atoms with van der Waals surface area (Å²) in [5.41, 5.74) is 19.1. The topological polar surface area (TPSA) is 8.17 Å². The van der Waals surface area contributed by atoms with E-state index in [0.717, 1.165) is 22.7 Å². The summed E-state index contributed by atoms with van der Waals surface area (Å²) in [7, 11) is 0. The minimum atomic E-state index is -0.526. The normalized spacial score (nSPS) is 13.0. The number of para-hydroxylation sites is 1. The van der Waals surface area contributed by atoms with Crippen LogP contribution in [0, 0.1) is 0 Å². The summed E-state index contributed by atoms with van der Waals surface area (Å²) in [4.78, 5) is 2.57. The zero-order valence-corrected chi connectivity index (χ0v) is 39.8. The van der Waals surface area contributed by atoms with E-state index in [1.807, 2.05) is 0 Å². The second-order valence-electron chi connectivity index (χ2n) is 19.9. The molecule has 1 spiro atoms. The molecule has 13 aromatic carbocycles. The van der Waals surface area contributed by atoms with Crippen LogP contribution in [0.5, 0.6) is 0 Å². The molecule has 2 heteroatoms. The number of nitrogens with zero attached hydrogens (tertiary/aromatic N) is 2. The first-order valence-corrected chi connectivity index (χ1v) is 25.4. The fourth-order valence-corrected chi connectivity index (χ4v) is 13.3. The Balaban J connectivity index is 1.05. The highest BCUT2D eigenvalue weighted by atomic mass is 15.1. The van der Waals surface area contributed by atoms with Crippen molar-refractivity contribution in [2.75, 3.05) is 4.90 Å². The summed E-state index contributed by atoms with van der Waals surface area (Å²) in [6.07, 6.45) is 0. The SMILES string of the molecule is c1ccc(-c2cc3c(cc2N(c2ccc4c5ccccc5c5ccccc5c4c2)c2ccc4c(c2)c2cc5ccccc5cc2n4-c2ccccc2)C2(c4ccccc4-c4ccccc42)c2ccccc2-3)cc1. The maximum absolute atomic E-state index is 2.57. The van der Waals surface area contributed by atoms with E-state index in [1.165, 1.54) is 121 Å². The van der Waals surface area contributed by atoms with Crippen LogP contribution in [0.3, 0.4) is 0 Å². The molecule has 2 nitrogen and oxygen atoms in total. The first kappa shape index (κ1) is 40.3. The van der Waals surface area contributed by atoms with Crippen molar-refractivity contribution in [2.45, 2.75) is 5.41 Å². The van der Waals surface area contributed by atoms with E-state index in [4.69, 9.17) is 0 Å². The maximum atomic E-state index is 2.57. The third-order valence-corrected chi connectivity index (χ3v) is 16.3. The van der Waals surface area contributed by atoms with Gasteiger partial charge in [-0.15, -0.1) is 0 Å². The molecule has 0 saturated carbocycles. The summed E-state index contributed by atoms with van der Waals surface area (Å²) in [6.45, 7) is 0. The molecule has 0 atom stereocenters. The molecule has 0 radical (unpaired) electrons. The second kappa shape index (κ2) is 15.3. The Labute approximate surface area is 422 Å². The van der Waals surface area contributed by atoms with Crippen LogP contribution in [0.1, 0.15) is 22.3 Å². The fraction of sp³-hybridized carbons (Fsp3) is 0.0141. The third kappa shape index (κ3) is 5.58. The molecule has 0 bridgehead atoms. The van der Waals surface area contributed by atoms with E-state index in [-0.39, 0.29) is 0 Å². The number of aromatic nitrogens is 1. The quantitative estimate of drug-likeness (QED) is 0.156. The minimum absolute atomic E-state index is 0.526. The van der Waals surface area contributed by atoms with Gasteiger partial charge in [-0.05, 0) is 160 Å². The van der Waals surface area contributed by atoms with E-state index >= 15 is 0 Å². The molecular formula is C71H44N2. The van der Waals surface area contributed by atoms with Gasteiger partial charge in [0.25, 0.3) is 0 Å². The van der Waals surface area contributed by atoms with Crippen LogP contribution in [-0.4, -0.2) is 4.57 Å². The highest BCUT2D eigenvalue weighted by Gasteiger charge is 2.52. The van der Waals surface area contributed by atoms with Crippen molar-refractivity contribution in [3.63, 3.8) is 0 Å². The lowest BCUT2D eigenvalue weighted by Crippen LogP contribution is -2.26. The van der Waals surface area contributed by atoms with Crippen LogP contribution in [0.25, 0.3) is 104 Å². The number of anilines is 3. The summed E-state index contributed by atoms with van der Waals surface area (Å²) in [6, 6.07) is 100. The van der Waals surface area contributed by atoms with E-state index < -0.39 is 5.41 Å². The zero-order chi connectivity index (χ0) is 47.8. The van der Waals surface area contributed by atoms with Crippen LogP contribution in [-0.2, 0) is 5.41 Å². The molecule has 73 heavy (non-hydrogen) atoms. The molecule has 0 saturated heterocycles. The molecule has 14 aromatic rings. The Morgan fingerprint density at radius 2 is 0.740 bits per heavy atom. The lowest BCUT2D eigenvalue weighted by atomic mass is 9.70. The van der Waals surface area contributed by atoms with E-state index in [0.29, 0.717) is 0 Å². The highest BCUT2D eigenvalue weighted by molar-refractivity contribution is 6.26. The lowest BCUT2D eigenvalue weighted by molar-refractivity contribution is 0.794. The highest BCUT2D eigenvalue weighted by Crippen LogP contribution is 2.64. The Morgan fingerprint density at radius 3 is 1.37 bits per heavy atom. The average Bonchev–Trinajstić information content (AvgIpc) is 4.06. The number of hydrogen-bond acceptors (Lipinski definition) is 1. The van der Waals surface area contributed by atoms with Gasteiger partial charge in [0.05, 0.1) is 22.1 Å². The van der Waals surface area contributed by atoms with Crippen molar-refractivity contribution < 1.29 is 0 Å².